The largest absolute Gasteiger partial charge is 0.481 e. The normalized spacial score (nSPS) is 13.3. The Labute approximate surface area is 245 Å². The molecule has 3 N–H and O–H groups in total. The van der Waals surface area contributed by atoms with E-state index in [1.165, 1.54) is 26.5 Å². The van der Waals surface area contributed by atoms with Crippen LogP contribution in [0.3, 0.4) is 0 Å². The van der Waals surface area contributed by atoms with Crippen molar-refractivity contribution in [3.05, 3.63) is 65.7 Å². The van der Waals surface area contributed by atoms with Crippen LogP contribution in [0.1, 0.15) is 22.8 Å². The van der Waals surface area contributed by atoms with Crippen LogP contribution in [0.25, 0.3) is 0 Å². The highest BCUT2D eigenvalue weighted by Gasteiger charge is 2.63. The van der Waals surface area contributed by atoms with E-state index in [1.54, 1.807) is 5.32 Å². The van der Waals surface area contributed by atoms with E-state index in [0.717, 1.165) is 42.5 Å². The highest BCUT2D eigenvalue weighted by atomic mass is 32.2. The predicted octanol–water partition coefficient (Wildman–Crippen LogP) is 3.98. The lowest BCUT2D eigenvalue weighted by molar-refractivity contribution is -0.204. The van der Waals surface area contributed by atoms with Gasteiger partial charge in [0.25, 0.3) is 15.9 Å². The van der Waals surface area contributed by atoms with Crippen molar-refractivity contribution in [2.75, 3.05) is 30.9 Å². The van der Waals surface area contributed by atoms with E-state index in [1.807, 2.05) is 0 Å². The average molecular weight is 652 g/mol. The van der Waals surface area contributed by atoms with Gasteiger partial charge in [0.2, 0.25) is 5.88 Å². The van der Waals surface area contributed by atoms with Crippen LogP contribution in [0, 0.1) is 0 Å². The summed E-state index contributed by atoms with van der Waals surface area (Å²) in [6, 6.07) is 6.80. The van der Waals surface area contributed by atoms with Gasteiger partial charge in [-0.15, -0.1) is 0 Å². The summed E-state index contributed by atoms with van der Waals surface area (Å²) < 4.78 is 125. The Morgan fingerprint density at radius 1 is 0.909 bits per heavy atom. The van der Waals surface area contributed by atoms with Crippen LogP contribution in [-0.4, -0.2) is 62.9 Å². The predicted molar refractivity (Wildman–Crippen MR) is 140 cm³/mol. The Balaban J connectivity index is 1.97. The van der Waals surface area contributed by atoms with Gasteiger partial charge in [-0.3, -0.25) is 9.52 Å². The van der Waals surface area contributed by atoms with Crippen LogP contribution in [0.5, 0.6) is 11.9 Å². The fraction of sp³-hybridized carbons (Fsp3) is 0.280. The summed E-state index contributed by atoms with van der Waals surface area (Å²) in [6.07, 6.45) is -10.5. The number of hydrogen-bond acceptors (Lipinski definition) is 10. The van der Waals surface area contributed by atoms with Crippen LogP contribution in [0.4, 0.5) is 37.8 Å². The molecule has 2 aromatic carbocycles. The lowest BCUT2D eigenvalue weighted by Crippen LogP contribution is -2.69. The van der Waals surface area contributed by atoms with Crippen molar-refractivity contribution in [1.82, 2.24) is 15.3 Å². The monoisotopic (exact) mass is 651 g/mol. The first-order valence-electron chi connectivity index (χ1n) is 12.1. The van der Waals surface area contributed by atoms with E-state index in [4.69, 9.17) is 9.47 Å². The van der Waals surface area contributed by atoms with Crippen molar-refractivity contribution in [2.45, 2.75) is 29.8 Å². The van der Waals surface area contributed by atoms with Crippen LogP contribution < -0.4 is 24.8 Å². The van der Waals surface area contributed by atoms with Crippen molar-refractivity contribution in [3.8, 4) is 11.9 Å². The summed E-state index contributed by atoms with van der Waals surface area (Å²) in [5.74, 6) is -4.07. The number of sulfonamides is 1. The smallest absolute Gasteiger partial charge is 0.441 e. The van der Waals surface area contributed by atoms with Gasteiger partial charge in [-0.2, -0.15) is 36.3 Å². The fourth-order valence-electron chi connectivity index (χ4n) is 3.49. The molecule has 0 spiro atoms. The third kappa shape index (κ3) is 7.57. The zero-order valence-electron chi connectivity index (χ0n) is 22.8. The maximum Gasteiger partial charge on any atom is 0.441 e. The summed E-state index contributed by atoms with van der Waals surface area (Å²) in [6.45, 7) is 0.613. The van der Waals surface area contributed by atoms with Crippen LogP contribution in [-0.2, 0) is 25.7 Å². The number of ether oxygens (including phenoxy) is 3. The van der Waals surface area contributed by atoms with Gasteiger partial charge < -0.3 is 24.8 Å². The second-order valence-electron chi connectivity index (χ2n) is 8.54. The van der Waals surface area contributed by atoms with Crippen LogP contribution in [0.15, 0.2) is 59.5 Å². The minimum atomic E-state index is -5.63. The minimum Gasteiger partial charge on any atom is -0.481 e. The lowest BCUT2D eigenvalue weighted by Gasteiger charge is -2.35. The summed E-state index contributed by atoms with van der Waals surface area (Å²) in [4.78, 5) is 32.7. The van der Waals surface area contributed by atoms with Gasteiger partial charge >= 0.3 is 30.0 Å². The first-order valence-corrected chi connectivity index (χ1v) is 13.6. The van der Waals surface area contributed by atoms with Gasteiger partial charge in [0.1, 0.15) is 0 Å². The summed E-state index contributed by atoms with van der Waals surface area (Å²) >= 11 is 0. The highest BCUT2D eigenvalue weighted by molar-refractivity contribution is 7.92. The van der Waals surface area contributed by atoms with E-state index >= 15 is 0 Å². The summed E-state index contributed by atoms with van der Waals surface area (Å²) in [7, 11) is -1.93. The second kappa shape index (κ2) is 12.8. The number of carbonyl (C=O) groups is 2. The molecule has 12 nitrogen and oxygen atoms in total. The van der Waals surface area contributed by atoms with Gasteiger partial charge in [0.05, 0.1) is 31.3 Å². The number of anilines is 2. The third-order valence-corrected chi connectivity index (χ3v) is 6.94. The highest BCUT2D eigenvalue weighted by Crippen LogP contribution is 2.35. The van der Waals surface area contributed by atoms with Gasteiger partial charge in [0.15, 0.2) is 5.82 Å². The van der Waals surface area contributed by atoms with Gasteiger partial charge in [-0.1, -0.05) is 6.07 Å². The van der Waals surface area contributed by atoms with E-state index in [0.29, 0.717) is 12.1 Å². The average Bonchev–Trinajstić information content (AvgIpc) is 2.95. The van der Waals surface area contributed by atoms with E-state index in [2.05, 4.69) is 19.4 Å². The molecule has 238 valence electrons. The number of nitrogens with zero attached hydrogens (tertiary/aromatic N) is 2. The zero-order chi connectivity index (χ0) is 32.9. The number of methoxy groups -OCH3 is 2. The first kappa shape index (κ1) is 33.7. The van der Waals surface area contributed by atoms with Gasteiger partial charge in [-0.25, -0.2) is 13.2 Å². The van der Waals surface area contributed by atoms with Crippen molar-refractivity contribution in [2.24, 2.45) is 0 Å². The Bertz CT molecular complexity index is 1600. The van der Waals surface area contributed by atoms with Crippen molar-refractivity contribution in [1.29, 1.82) is 0 Å². The lowest BCUT2D eigenvalue weighted by atomic mass is 10.1. The van der Waals surface area contributed by atoms with Crippen molar-refractivity contribution < 1.29 is 58.6 Å². The van der Waals surface area contributed by atoms with E-state index in [9.17, 15) is 44.3 Å². The number of aromatic nitrogens is 2. The van der Waals surface area contributed by atoms with Crippen molar-refractivity contribution >= 4 is 33.4 Å². The fourth-order valence-corrected chi connectivity index (χ4v) is 4.48. The second-order valence-corrected chi connectivity index (χ2v) is 10.2. The molecule has 1 amide bonds. The topological polar surface area (TPSA) is 158 Å². The number of carbonyl (C=O) groups excluding carboxylic acids is 2. The van der Waals surface area contributed by atoms with Crippen molar-refractivity contribution in [3.63, 3.8) is 0 Å². The number of esters is 1. The molecule has 0 saturated heterocycles. The number of halogens is 6. The van der Waals surface area contributed by atoms with Gasteiger partial charge in [0, 0.05) is 17.3 Å². The molecular formula is C25H23F6N5O7S. The molecule has 0 aliphatic rings. The molecule has 19 heteroatoms. The number of nitrogens with one attached hydrogen (secondary N) is 3. The molecule has 0 fully saturated rings. The first-order chi connectivity index (χ1) is 20.5. The number of rotatable bonds is 11. The molecule has 0 saturated carbocycles. The van der Waals surface area contributed by atoms with E-state index in [-0.39, 0.29) is 17.7 Å². The minimum absolute atomic E-state index is 0.0521. The number of hydrogen-bond donors (Lipinski definition) is 3. The maximum absolute atomic E-state index is 14.5. The van der Waals surface area contributed by atoms with Crippen LogP contribution >= 0.6 is 0 Å². The van der Waals surface area contributed by atoms with Crippen LogP contribution in [0.2, 0.25) is 0 Å². The molecule has 0 aliphatic carbocycles. The molecular weight excluding hydrogens is 628 g/mol. The third-order valence-electron chi connectivity index (χ3n) is 5.57. The molecule has 1 heterocycles. The maximum atomic E-state index is 14.5. The number of amides is 1. The summed E-state index contributed by atoms with van der Waals surface area (Å²) in [5, 5.41) is 3.21. The quantitative estimate of drug-likeness (QED) is 0.157. The molecule has 0 aliphatic heterocycles. The number of alkyl halides is 6. The number of benzene rings is 2. The molecule has 0 radical (unpaired) electrons. The Morgan fingerprint density at radius 2 is 1.57 bits per heavy atom. The Kier molecular flexibility index (Phi) is 9.82. The SMILES string of the molecule is CCOC(=O)C(NC(=O)c1cccc(C(F)(F)F)c1)(Nc1ccc(S(=O)(=O)Nc2cc(OC)nc(OC)n2)cc1)C(F)(F)F. The molecule has 1 aromatic heterocycles. The van der Waals surface area contributed by atoms with Gasteiger partial charge in [-0.05, 0) is 49.4 Å². The standard InChI is InChI=1S/C25H23F6N5O7S/c1-4-43-21(38)23(25(29,30)31,35-20(37)14-6-5-7-15(12-14)24(26,27)28)34-16-8-10-17(11-9-16)44(39,40)36-18-13-19(41-2)33-22(32-18)42-3/h5-13,34H,4H2,1-3H3,(H,35,37)(H,32,33,36). The van der Waals surface area contributed by atoms with E-state index < -0.39 is 68.2 Å². The molecule has 0 bridgehead atoms. The Morgan fingerprint density at radius 3 is 2.11 bits per heavy atom. The zero-order valence-corrected chi connectivity index (χ0v) is 23.6. The molecule has 1 atom stereocenters. The summed E-state index contributed by atoms with van der Waals surface area (Å²) in [5.41, 5.74) is -6.72. The molecule has 1 unspecified atom stereocenters. The molecule has 3 rings (SSSR count). The molecule has 44 heavy (non-hydrogen) atoms. The molecule has 3 aromatic rings. The Hall–Kier alpha value is -4.81.